The lowest BCUT2D eigenvalue weighted by Crippen LogP contribution is -2.27. The maximum absolute atomic E-state index is 13.3. The average molecular weight is 429 g/mol. The highest BCUT2D eigenvalue weighted by Gasteiger charge is 2.19. The molecule has 0 spiro atoms. The van der Waals surface area contributed by atoms with Crippen molar-refractivity contribution < 1.29 is 13.6 Å². The van der Waals surface area contributed by atoms with Crippen LogP contribution < -0.4 is 5.32 Å². The Morgan fingerprint density at radius 3 is 2.79 bits per heavy atom. The quantitative estimate of drug-likeness (QED) is 0.422. The summed E-state index contributed by atoms with van der Waals surface area (Å²) >= 11 is 3.16. The molecule has 0 saturated carbocycles. The van der Waals surface area contributed by atoms with Crippen molar-refractivity contribution in [2.75, 3.05) is 12.3 Å². The first-order valence-electron chi connectivity index (χ1n) is 8.86. The highest BCUT2D eigenvalue weighted by Crippen LogP contribution is 2.25. The number of carbonyl (C=O) groups is 1. The zero-order chi connectivity index (χ0) is 20.1. The summed E-state index contributed by atoms with van der Waals surface area (Å²) < 4.78 is 20.1. The number of amides is 1. The number of nitrogens with one attached hydrogen (secondary N) is 1. The first kappa shape index (κ1) is 19.4. The molecule has 0 saturated heterocycles. The molecule has 0 unspecified atom stereocenters. The van der Waals surface area contributed by atoms with Crippen LogP contribution in [0.2, 0.25) is 0 Å². The van der Waals surface area contributed by atoms with E-state index in [9.17, 15) is 9.18 Å². The normalized spacial score (nSPS) is 10.9. The standard InChI is InChI=1S/C20H17FN4O2S2/c21-14-5-7-15(8-6-14)25-19(17-4-2-11-29-17)23-18(24-25)20(26)22-9-12-28-13-16-3-1-10-27-16/h1-8,10-11H,9,12-13H2,(H,22,26). The molecule has 0 radical (unpaired) electrons. The van der Waals surface area contributed by atoms with Gasteiger partial charge in [0.25, 0.3) is 5.91 Å². The minimum Gasteiger partial charge on any atom is -0.468 e. The van der Waals surface area contributed by atoms with Gasteiger partial charge < -0.3 is 9.73 Å². The topological polar surface area (TPSA) is 73.0 Å². The summed E-state index contributed by atoms with van der Waals surface area (Å²) in [6, 6.07) is 13.5. The minimum atomic E-state index is -0.345. The Hall–Kier alpha value is -2.91. The molecule has 4 rings (SSSR count). The van der Waals surface area contributed by atoms with E-state index in [-0.39, 0.29) is 17.5 Å². The largest absolute Gasteiger partial charge is 0.468 e. The Morgan fingerprint density at radius 2 is 2.07 bits per heavy atom. The molecule has 29 heavy (non-hydrogen) atoms. The van der Waals surface area contributed by atoms with E-state index in [1.54, 1.807) is 34.8 Å². The van der Waals surface area contributed by atoms with Gasteiger partial charge in [-0.25, -0.2) is 14.1 Å². The van der Waals surface area contributed by atoms with Crippen LogP contribution in [0.25, 0.3) is 16.4 Å². The SMILES string of the molecule is O=C(NCCSCc1ccco1)c1nc(-c2cccs2)n(-c2ccc(F)cc2)n1. The monoisotopic (exact) mass is 428 g/mol. The van der Waals surface area contributed by atoms with Crippen LogP contribution >= 0.6 is 23.1 Å². The van der Waals surface area contributed by atoms with Gasteiger partial charge in [0.05, 0.1) is 22.6 Å². The first-order valence-corrected chi connectivity index (χ1v) is 10.9. The Kier molecular flexibility index (Phi) is 6.06. The molecule has 0 aliphatic heterocycles. The predicted octanol–water partition coefficient (Wildman–Crippen LogP) is 4.39. The van der Waals surface area contributed by atoms with Gasteiger partial charge in [-0.3, -0.25) is 4.79 Å². The van der Waals surface area contributed by atoms with E-state index < -0.39 is 0 Å². The number of thioether (sulfide) groups is 1. The third-order valence-corrected chi connectivity index (χ3v) is 5.83. The third-order valence-electron chi connectivity index (χ3n) is 3.98. The lowest BCUT2D eigenvalue weighted by atomic mass is 10.3. The second-order valence-corrected chi connectivity index (χ2v) is 8.07. The third kappa shape index (κ3) is 4.75. The molecule has 148 valence electrons. The smallest absolute Gasteiger partial charge is 0.291 e. The number of hydrogen-bond donors (Lipinski definition) is 1. The molecular formula is C20H17FN4O2S2. The maximum atomic E-state index is 13.3. The zero-order valence-electron chi connectivity index (χ0n) is 15.2. The molecule has 3 aromatic heterocycles. The zero-order valence-corrected chi connectivity index (χ0v) is 16.9. The molecule has 0 bridgehead atoms. The van der Waals surface area contributed by atoms with Crippen molar-refractivity contribution >= 4 is 29.0 Å². The number of benzene rings is 1. The van der Waals surface area contributed by atoms with Crippen LogP contribution in [0.4, 0.5) is 4.39 Å². The van der Waals surface area contributed by atoms with Gasteiger partial charge in [-0.05, 0) is 47.8 Å². The lowest BCUT2D eigenvalue weighted by molar-refractivity contribution is 0.0946. The van der Waals surface area contributed by atoms with E-state index in [1.165, 1.54) is 23.5 Å². The van der Waals surface area contributed by atoms with Gasteiger partial charge in [0.1, 0.15) is 11.6 Å². The van der Waals surface area contributed by atoms with E-state index in [4.69, 9.17) is 4.42 Å². The number of hydrogen-bond acceptors (Lipinski definition) is 6. The summed E-state index contributed by atoms with van der Waals surface area (Å²) in [5.74, 6) is 2.34. The fraction of sp³-hybridized carbons (Fsp3) is 0.150. The molecule has 9 heteroatoms. The van der Waals surface area contributed by atoms with Crippen molar-refractivity contribution in [3.63, 3.8) is 0 Å². The number of thiophene rings is 1. The molecule has 0 aliphatic carbocycles. The van der Waals surface area contributed by atoms with Gasteiger partial charge in [0, 0.05) is 12.3 Å². The second kappa shape index (κ2) is 9.06. The van der Waals surface area contributed by atoms with Crippen molar-refractivity contribution in [2.24, 2.45) is 0 Å². The van der Waals surface area contributed by atoms with E-state index in [2.05, 4.69) is 15.4 Å². The maximum Gasteiger partial charge on any atom is 0.291 e. The molecule has 3 heterocycles. The highest BCUT2D eigenvalue weighted by molar-refractivity contribution is 7.98. The van der Waals surface area contributed by atoms with Crippen LogP contribution in [0.3, 0.4) is 0 Å². The molecule has 0 aliphatic rings. The summed E-state index contributed by atoms with van der Waals surface area (Å²) in [7, 11) is 0. The fourth-order valence-electron chi connectivity index (χ4n) is 2.62. The average Bonchev–Trinajstić information content (AvgIpc) is 3.48. The van der Waals surface area contributed by atoms with Crippen LogP contribution in [-0.2, 0) is 5.75 Å². The Labute approximate surface area is 174 Å². The van der Waals surface area contributed by atoms with Crippen LogP contribution in [-0.4, -0.2) is 33.0 Å². The van der Waals surface area contributed by atoms with E-state index in [1.807, 2.05) is 29.6 Å². The van der Waals surface area contributed by atoms with Crippen LogP contribution in [0.15, 0.2) is 64.6 Å². The van der Waals surface area contributed by atoms with Gasteiger partial charge >= 0.3 is 0 Å². The Bertz CT molecular complexity index is 1060. The summed E-state index contributed by atoms with van der Waals surface area (Å²) in [6.45, 7) is 0.490. The molecule has 4 aromatic rings. The number of rotatable bonds is 8. The summed E-state index contributed by atoms with van der Waals surface area (Å²) in [5.41, 5.74) is 0.635. The number of aromatic nitrogens is 3. The fourth-order valence-corrected chi connectivity index (χ4v) is 4.07. The lowest BCUT2D eigenvalue weighted by Gasteiger charge is -2.04. The first-order chi connectivity index (χ1) is 14.2. The van der Waals surface area contributed by atoms with E-state index >= 15 is 0 Å². The van der Waals surface area contributed by atoms with Crippen LogP contribution in [0, 0.1) is 5.82 Å². The molecule has 6 nitrogen and oxygen atoms in total. The van der Waals surface area contributed by atoms with Crippen molar-refractivity contribution in [3.8, 4) is 16.4 Å². The van der Waals surface area contributed by atoms with Gasteiger partial charge in [0.2, 0.25) is 5.82 Å². The van der Waals surface area contributed by atoms with Gasteiger partial charge in [-0.2, -0.15) is 11.8 Å². The van der Waals surface area contributed by atoms with Gasteiger partial charge in [0.15, 0.2) is 5.82 Å². The van der Waals surface area contributed by atoms with Crippen molar-refractivity contribution in [3.05, 3.63) is 77.6 Å². The van der Waals surface area contributed by atoms with Crippen molar-refractivity contribution in [1.82, 2.24) is 20.1 Å². The van der Waals surface area contributed by atoms with Crippen molar-refractivity contribution in [1.29, 1.82) is 0 Å². The summed E-state index contributed by atoms with van der Waals surface area (Å²) in [6.07, 6.45) is 1.64. The molecule has 0 fully saturated rings. The van der Waals surface area contributed by atoms with Gasteiger partial charge in [-0.15, -0.1) is 16.4 Å². The highest BCUT2D eigenvalue weighted by atomic mass is 32.2. The number of nitrogens with zero attached hydrogens (tertiary/aromatic N) is 3. The summed E-state index contributed by atoms with van der Waals surface area (Å²) in [4.78, 5) is 17.8. The molecular weight excluding hydrogens is 411 g/mol. The van der Waals surface area contributed by atoms with Crippen LogP contribution in [0.1, 0.15) is 16.4 Å². The molecule has 0 atom stereocenters. The summed E-state index contributed by atoms with van der Waals surface area (Å²) in [5, 5.41) is 9.13. The number of carbonyl (C=O) groups excluding carboxylic acids is 1. The van der Waals surface area contributed by atoms with Gasteiger partial charge in [-0.1, -0.05) is 6.07 Å². The minimum absolute atomic E-state index is 0.0776. The number of halogens is 1. The number of furan rings is 1. The predicted molar refractivity (Wildman–Crippen MR) is 112 cm³/mol. The van der Waals surface area contributed by atoms with Crippen molar-refractivity contribution in [2.45, 2.75) is 5.75 Å². The molecule has 1 amide bonds. The van der Waals surface area contributed by atoms with E-state index in [0.717, 1.165) is 22.1 Å². The molecule has 1 aromatic carbocycles. The Balaban J connectivity index is 1.45. The Morgan fingerprint density at radius 1 is 1.21 bits per heavy atom. The van der Waals surface area contributed by atoms with E-state index in [0.29, 0.717) is 18.1 Å². The van der Waals surface area contributed by atoms with Crippen LogP contribution in [0.5, 0.6) is 0 Å². The molecule has 1 N–H and O–H groups in total. The second-order valence-electron chi connectivity index (χ2n) is 6.01.